The number of fused-ring (bicyclic) bond motifs is 2. The Labute approximate surface area is 215 Å². The van der Waals surface area contributed by atoms with Gasteiger partial charge in [0.05, 0.1) is 0 Å². The molecule has 8 nitrogen and oxygen atoms in total. The normalized spacial score (nSPS) is 17.2. The Morgan fingerprint density at radius 1 is 0.865 bits per heavy atom. The lowest BCUT2D eigenvalue weighted by atomic mass is 10.2. The minimum Gasteiger partial charge on any atom is -0.440 e. The number of benzene rings is 2. The fourth-order valence-electron chi connectivity index (χ4n) is 4.63. The van der Waals surface area contributed by atoms with Crippen molar-refractivity contribution >= 4 is 34.0 Å². The van der Waals surface area contributed by atoms with Crippen LogP contribution >= 0.6 is 0 Å². The van der Waals surface area contributed by atoms with E-state index >= 15 is 0 Å². The Kier molecular flexibility index (Phi) is 6.18. The summed E-state index contributed by atoms with van der Waals surface area (Å²) in [7, 11) is 1.79. The van der Waals surface area contributed by atoms with Crippen LogP contribution in [0.1, 0.15) is 89.8 Å². The smallest absolute Gasteiger partial charge is 0.253 e. The maximum atomic E-state index is 12.3. The summed E-state index contributed by atoms with van der Waals surface area (Å²) in [5.41, 5.74) is 4.53. The third-order valence-electron chi connectivity index (χ3n) is 7.37. The van der Waals surface area contributed by atoms with Crippen molar-refractivity contribution < 1.29 is 18.4 Å². The van der Waals surface area contributed by atoms with Crippen molar-refractivity contribution in [2.45, 2.75) is 57.3 Å². The third-order valence-corrected chi connectivity index (χ3v) is 7.37. The maximum absolute atomic E-state index is 12.3. The van der Waals surface area contributed by atoms with Gasteiger partial charge in [-0.15, -0.1) is 0 Å². The van der Waals surface area contributed by atoms with E-state index in [2.05, 4.69) is 9.97 Å². The van der Waals surface area contributed by atoms with Crippen LogP contribution in [0.2, 0.25) is 0 Å². The van der Waals surface area contributed by atoms with Crippen molar-refractivity contribution in [1.29, 1.82) is 0 Å². The van der Waals surface area contributed by atoms with Crippen molar-refractivity contribution in [1.82, 2.24) is 19.8 Å². The Hall–Kier alpha value is -3.68. The predicted octanol–water partition coefficient (Wildman–Crippen LogP) is 5.74. The number of hydrogen-bond acceptors (Lipinski definition) is 6. The highest BCUT2D eigenvalue weighted by molar-refractivity contribution is 5.97. The van der Waals surface area contributed by atoms with Gasteiger partial charge in [0, 0.05) is 49.6 Å². The summed E-state index contributed by atoms with van der Waals surface area (Å²) in [5, 5.41) is 0. The minimum absolute atomic E-state index is 0.0174. The molecule has 2 aromatic heterocycles. The number of carbonyl (C=O) groups is 2. The molecule has 1 aliphatic heterocycles. The van der Waals surface area contributed by atoms with Gasteiger partial charge in [0.15, 0.2) is 22.9 Å². The van der Waals surface area contributed by atoms with Gasteiger partial charge in [0.1, 0.15) is 11.0 Å². The van der Waals surface area contributed by atoms with Crippen LogP contribution in [0.15, 0.2) is 45.2 Å². The number of oxazole rings is 2. The Morgan fingerprint density at radius 2 is 1.38 bits per heavy atom. The number of amides is 2. The molecule has 4 aromatic rings. The number of likely N-dealkylation sites (tertiary alicyclic amines) is 1. The molecule has 1 saturated heterocycles. The van der Waals surface area contributed by atoms with Gasteiger partial charge in [-0.1, -0.05) is 0 Å². The van der Waals surface area contributed by atoms with Crippen molar-refractivity contribution in [3.8, 4) is 0 Å². The van der Waals surface area contributed by atoms with E-state index < -0.39 is 0 Å². The first-order valence-electron chi connectivity index (χ1n) is 13.4. The van der Waals surface area contributed by atoms with E-state index in [1.54, 1.807) is 18.0 Å². The molecule has 37 heavy (non-hydrogen) atoms. The second kappa shape index (κ2) is 9.65. The molecule has 0 spiro atoms. The van der Waals surface area contributed by atoms with Gasteiger partial charge in [0.2, 0.25) is 0 Å². The molecule has 192 valence electrons. The summed E-state index contributed by atoms with van der Waals surface area (Å²) in [6, 6.07) is 11.1. The first-order chi connectivity index (χ1) is 18.0. The number of carbonyl (C=O) groups excluding carboxylic acids is 2. The number of hydrogen-bond donors (Lipinski definition) is 0. The van der Waals surface area contributed by atoms with Gasteiger partial charge in [-0.05, 0) is 81.8 Å². The van der Waals surface area contributed by atoms with Crippen LogP contribution < -0.4 is 0 Å². The lowest BCUT2D eigenvalue weighted by molar-refractivity contribution is 0.0788. The summed E-state index contributed by atoms with van der Waals surface area (Å²) in [6.45, 7) is 4.40. The third kappa shape index (κ3) is 4.97. The summed E-state index contributed by atoms with van der Waals surface area (Å²) in [4.78, 5) is 36.9. The fourth-order valence-corrected chi connectivity index (χ4v) is 4.63. The largest absolute Gasteiger partial charge is 0.440 e. The molecular formula is C29H32N4O4. The SMILES string of the molecule is CCN(C)C(=O)c1ccc2nc(C3CC3)oc2c1.O=C(c1ccc2nc(C3CC3)oc2c1)N1CCCC1. The van der Waals surface area contributed by atoms with Crippen LogP contribution in [0.5, 0.6) is 0 Å². The number of rotatable bonds is 5. The predicted molar refractivity (Wildman–Crippen MR) is 140 cm³/mol. The van der Waals surface area contributed by atoms with Gasteiger partial charge in [-0.2, -0.15) is 0 Å². The van der Waals surface area contributed by atoms with Crippen LogP contribution in [0.4, 0.5) is 0 Å². The van der Waals surface area contributed by atoms with E-state index in [0.717, 1.165) is 67.2 Å². The molecular weight excluding hydrogens is 468 g/mol. The van der Waals surface area contributed by atoms with Gasteiger partial charge in [-0.3, -0.25) is 9.59 Å². The van der Waals surface area contributed by atoms with Crippen LogP contribution in [0.25, 0.3) is 22.2 Å². The maximum Gasteiger partial charge on any atom is 0.253 e. The van der Waals surface area contributed by atoms with E-state index in [0.29, 0.717) is 35.1 Å². The molecule has 3 heterocycles. The Balaban J connectivity index is 0.000000136. The second-order valence-corrected chi connectivity index (χ2v) is 10.3. The van der Waals surface area contributed by atoms with Gasteiger partial charge in [0.25, 0.3) is 11.8 Å². The van der Waals surface area contributed by atoms with E-state index in [-0.39, 0.29) is 11.8 Å². The molecule has 0 bridgehead atoms. The molecule has 2 aliphatic carbocycles. The van der Waals surface area contributed by atoms with E-state index in [9.17, 15) is 9.59 Å². The summed E-state index contributed by atoms with van der Waals surface area (Å²) < 4.78 is 11.5. The quantitative estimate of drug-likeness (QED) is 0.347. The van der Waals surface area contributed by atoms with Crippen molar-refractivity contribution in [2.75, 3.05) is 26.7 Å². The first-order valence-corrected chi connectivity index (χ1v) is 13.4. The average Bonchev–Trinajstić information content (AvgIpc) is 3.81. The Morgan fingerprint density at radius 3 is 1.89 bits per heavy atom. The first kappa shape index (κ1) is 23.7. The molecule has 0 radical (unpaired) electrons. The standard InChI is InChI=1S/C15H16N2O2.C14H16N2O2/c18-15(17-7-1-2-8-17)11-5-6-12-13(9-11)19-14(16-12)10-3-4-10;1-3-16(2)14(17)10-6-7-11-12(8-10)18-13(15-11)9-4-5-9/h5-6,9-10H,1-4,7-8H2;6-9H,3-5H2,1-2H3. The lowest BCUT2D eigenvalue weighted by Gasteiger charge is -2.14. The molecule has 2 amide bonds. The van der Waals surface area contributed by atoms with Gasteiger partial charge in [-0.25, -0.2) is 9.97 Å². The molecule has 3 aliphatic rings. The van der Waals surface area contributed by atoms with Crippen LogP contribution in [-0.2, 0) is 0 Å². The van der Waals surface area contributed by atoms with E-state index in [4.69, 9.17) is 8.83 Å². The summed E-state index contributed by atoms with van der Waals surface area (Å²) in [6.07, 6.45) is 6.90. The Bertz CT molecular complexity index is 1460. The number of nitrogens with zero attached hydrogens (tertiary/aromatic N) is 4. The molecule has 0 unspecified atom stereocenters. The second-order valence-electron chi connectivity index (χ2n) is 10.3. The molecule has 0 atom stereocenters. The summed E-state index contributed by atoms with van der Waals surface area (Å²) >= 11 is 0. The van der Waals surface area contributed by atoms with E-state index in [1.165, 1.54) is 12.8 Å². The van der Waals surface area contributed by atoms with Crippen LogP contribution in [-0.4, -0.2) is 58.3 Å². The number of aromatic nitrogens is 2. The zero-order valence-corrected chi connectivity index (χ0v) is 21.4. The lowest BCUT2D eigenvalue weighted by Crippen LogP contribution is -2.27. The molecule has 2 saturated carbocycles. The highest BCUT2D eigenvalue weighted by Crippen LogP contribution is 2.41. The van der Waals surface area contributed by atoms with Crippen molar-refractivity contribution in [3.63, 3.8) is 0 Å². The molecule has 0 N–H and O–H groups in total. The van der Waals surface area contributed by atoms with Crippen LogP contribution in [0.3, 0.4) is 0 Å². The summed E-state index contributed by atoms with van der Waals surface area (Å²) in [5.74, 6) is 2.78. The van der Waals surface area contributed by atoms with Gasteiger partial charge >= 0.3 is 0 Å². The van der Waals surface area contributed by atoms with Crippen LogP contribution in [0, 0.1) is 0 Å². The zero-order chi connectivity index (χ0) is 25.5. The highest BCUT2D eigenvalue weighted by Gasteiger charge is 2.30. The molecule has 3 fully saturated rings. The van der Waals surface area contributed by atoms with Gasteiger partial charge < -0.3 is 18.6 Å². The molecule has 7 rings (SSSR count). The van der Waals surface area contributed by atoms with E-state index in [1.807, 2.05) is 42.2 Å². The minimum atomic E-state index is 0.0174. The van der Waals surface area contributed by atoms with Crippen molar-refractivity contribution in [3.05, 3.63) is 59.3 Å². The topological polar surface area (TPSA) is 92.7 Å². The van der Waals surface area contributed by atoms with Crippen molar-refractivity contribution in [2.24, 2.45) is 0 Å². The molecule has 8 heteroatoms. The average molecular weight is 501 g/mol. The fraction of sp³-hybridized carbons (Fsp3) is 0.448. The highest BCUT2D eigenvalue weighted by atomic mass is 16.4. The molecule has 2 aromatic carbocycles. The zero-order valence-electron chi connectivity index (χ0n) is 21.4. The monoisotopic (exact) mass is 500 g/mol.